The molecule has 18 heavy (non-hydrogen) atoms. The Morgan fingerprint density at radius 1 is 1.28 bits per heavy atom. The molecule has 1 saturated carbocycles. The number of aliphatic hydroxyl groups excluding tert-OH is 1. The summed E-state index contributed by atoms with van der Waals surface area (Å²) in [7, 11) is -1.84. The summed E-state index contributed by atoms with van der Waals surface area (Å²) < 4.78 is 28.1. The summed E-state index contributed by atoms with van der Waals surface area (Å²) in [5.41, 5.74) is 0. The summed E-state index contributed by atoms with van der Waals surface area (Å²) in [4.78, 5) is 0. The summed E-state index contributed by atoms with van der Waals surface area (Å²) in [6, 6.07) is 0.0662. The van der Waals surface area contributed by atoms with E-state index in [0.29, 0.717) is 18.9 Å². The van der Waals surface area contributed by atoms with Gasteiger partial charge in [0.1, 0.15) is 0 Å². The molecular formula is C12H26N2O3S. The predicted octanol–water partition coefficient (Wildman–Crippen LogP) is 1.10. The highest BCUT2D eigenvalue weighted by molar-refractivity contribution is 7.87. The molecule has 1 aliphatic carbocycles. The van der Waals surface area contributed by atoms with Crippen molar-refractivity contribution in [1.82, 2.24) is 9.03 Å². The van der Waals surface area contributed by atoms with Crippen LogP contribution in [0.15, 0.2) is 0 Å². The second-order valence-corrected chi connectivity index (χ2v) is 7.14. The van der Waals surface area contributed by atoms with Gasteiger partial charge in [0.05, 0.1) is 0 Å². The van der Waals surface area contributed by atoms with Crippen LogP contribution in [-0.4, -0.2) is 44.1 Å². The normalized spacial score (nSPS) is 26.2. The smallest absolute Gasteiger partial charge is 0.279 e. The van der Waals surface area contributed by atoms with E-state index in [1.54, 1.807) is 7.05 Å². The van der Waals surface area contributed by atoms with Crippen molar-refractivity contribution < 1.29 is 13.5 Å². The molecule has 108 valence electrons. The van der Waals surface area contributed by atoms with Gasteiger partial charge in [-0.1, -0.05) is 19.8 Å². The zero-order valence-corrected chi connectivity index (χ0v) is 12.2. The molecule has 0 bridgehead atoms. The fourth-order valence-corrected chi connectivity index (χ4v) is 3.53. The van der Waals surface area contributed by atoms with Crippen LogP contribution in [0.1, 0.15) is 45.4 Å². The van der Waals surface area contributed by atoms with Gasteiger partial charge in [-0.25, -0.2) is 0 Å². The van der Waals surface area contributed by atoms with Gasteiger partial charge in [0.2, 0.25) is 0 Å². The van der Waals surface area contributed by atoms with Crippen molar-refractivity contribution >= 4 is 10.2 Å². The Morgan fingerprint density at radius 3 is 2.67 bits per heavy atom. The molecule has 1 aliphatic rings. The van der Waals surface area contributed by atoms with E-state index in [9.17, 15) is 8.42 Å². The van der Waals surface area contributed by atoms with Gasteiger partial charge in [0.25, 0.3) is 10.2 Å². The van der Waals surface area contributed by atoms with Crippen LogP contribution in [0.2, 0.25) is 0 Å². The van der Waals surface area contributed by atoms with Gasteiger partial charge < -0.3 is 5.11 Å². The zero-order valence-electron chi connectivity index (χ0n) is 11.4. The van der Waals surface area contributed by atoms with E-state index in [0.717, 1.165) is 25.7 Å². The second-order valence-electron chi connectivity index (χ2n) is 5.33. The van der Waals surface area contributed by atoms with Gasteiger partial charge in [-0.15, -0.1) is 0 Å². The van der Waals surface area contributed by atoms with Crippen LogP contribution in [0.4, 0.5) is 0 Å². The largest absolute Gasteiger partial charge is 0.396 e. The van der Waals surface area contributed by atoms with Gasteiger partial charge in [-0.3, -0.25) is 0 Å². The van der Waals surface area contributed by atoms with Crippen molar-refractivity contribution in [3.8, 4) is 0 Å². The number of hydrogen-bond acceptors (Lipinski definition) is 3. The van der Waals surface area contributed by atoms with Crippen molar-refractivity contribution in [1.29, 1.82) is 0 Å². The molecule has 2 unspecified atom stereocenters. The highest BCUT2D eigenvalue weighted by Gasteiger charge is 2.24. The molecular weight excluding hydrogens is 252 g/mol. The van der Waals surface area contributed by atoms with Gasteiger partial charge in [0.15, 0.2) is 0 Å². The Bertz CT molecular complexity index is 332. The van der Waals surface area contributed by atoms with Gasteiger partial charge in [-0.2, -0.15) is 17.4 Å². The van der Waals surface area contributed by atoms with E-state index in [2.05, 4.69) is 11.6 Å². The Labute approximate surface area is 111 Å². The highest BCUT2D eigenvalue weighted by atomic mass is 32.2. The number of aliphatic hydroxyl groups is 1. The average Bonchev–Trinajstić information content (AvgIpc) is 2.51. The van der Waals surface area contributed by atoms with Gasteiger partial charge in [-0.05, 0) is 31.6 Å². The van der Waals surface area contributed by atoms with Crippen molar-refractivity contribution in [3.63, 3.8) is 0 Å². The van der Waals surface area contributed by atoms with E-state index in [4.69, 9.17) is 5.11 Å². The standard InChI is InChI=1S/C12H26N2O3S/c1-11-5-3-6-12(8-7-11)13-18(16,17)14(2)9-4-10-15/h11-13,15H,3-10H2,1-2H3. The molecule has 0 radical (unpaired) electrons. The van der Waals surface area contributed by atoms with Crippen molar-refractivity contribution in [2.45, 2.75) is 51.5 Å². The van der Waals surface area contributed by atoms with Crippen molar-refractivity contribution in [2.75, 3.05) is 20.2 Å². The molecule has 2 N–H and O–H groups in total. The Morgan fingerprint density at radius 2 is 2.00 bits per heavy atom. The molecule has 0 aromatic heterocycles. The number of nitrogens with one attached hydrogen (secondary N) is 1. The highest BCUT2D eigenvalue weighted by Crippen LogP contribution is 2.23. The first-order chi connectivity index (χ1) is 8.45. The predicted molar refractivity (Wildman–Crippen MR) is 72.4 cm³/mol. The van der Waals surface area contributed by atoms with E-state index in [-0.39, 0.29) is 12.6 Å². The van der Waals surface area contributed by atoms with E-state index in [1.807, 2.05) is 0 Å². The first-order valence-electron chi connectivity index (χ1n) is 6.80. The van der Waals surface area contributed by atoms with E-state index >= 15 is 0 Å². The first-order valence-corrected chi connectivity index (χ1v) is 8.24. The van der Waals surface area contributed by atoms with Gasteiger partial charge in [0, 0.05) is 26.2 Å². The maximum atomic E-state index is 12.0. The average molecular weight is 278 g/mol. The molecule has 0 aromatic rings. The fraction of sp³-hybridized carbons (Fsp3) is 1.00. The minimum absolute atomic E-state index is 0.0147. The lowest BCUT2D eigenvalue weighted by atomic mass is 10.0. The Balaban J connectivity index is 2.48. The quantitative estimate of drug-likeness (QED) is 0.715. The second kappa shape index (κ2) is 7.43. The van der Waals surface area contributed by atoms with Gasteiger partial charge >= 0.3 is 0 Å². The van der Waals surface area contributed by atoms with Crippen LogP contribution in [0, 0.1) is 5.92 Å². The summed E-state index contributed by atoms with van der Waals surface area (Å²) in [5, 5.41) is 8.73. The summed E-state index contributed by atoms with van der Waals surface area (Å²) >= 11 is 0. The lowest BCUT2D eigenvalue weighted by Gasteiger charge is -2.22. The van der Waals surface area contributed by atoms with Crippen LogP contribution < -0.4 is 4.72 Å². The maximum Gasteiger partial charge on any atom is 0.279 e. The topological polar surface area (TPSA) is 69.6 Å². The van der Waals surface area contributed by atoms with Crippen LogP contribution in [0.25, 0.3) is 0 Å². The minimum Gasteiger partial charge on any atom is -0.396 e. The molecule has 2 atom stereocenters. The monoisotopic (exact) mass is 278 g/mol. The lowest BCUT2D eigenvalue weighted by Crippen LogP contribution is -2.44. The minimum atomic E-state index is -3.39. The first kappa shape index (κ1) is 15.9. The number of nitrogens with zero attached hydrogens (tertiary/aromatic N) is 1. The third-order valence-electron chi connectivity index (χ3n) is 3.61. The molecule has 0 aliphatic heterocycles. The van der Waals surface area contributed by atoms with Crippen LogP contribution in [0.5, 0.6) is 0 Å². The molecule has 6 heteroatoms. The zero-order chi connectivity index (χ0) is 13.6. The molecule has 1 fully saturated rings. The number of rotatable bonds is 6. The lowest BCUT2D eigenvalue weighted by molar-refractivity contribution is 0.275. The third-order valence-corrected chi connectivity index (χ3v) is 5.25. The summed E-state index contributed by atoms with van der Waals surface area (Å²) in [6.07, 6.45) is 5.70. The number of hydrogen-bond donors (Lipinski definition) is 2. The molecule has 0 saturated heterocycles. The van der Waals surface area contributed by atoms with Crippen LogP contribution in [0.3, 0.4) is 0 Å². The van der Waals surface area contributed by atoms with E-state index < -0.39 is 10.2 Å². The summed E-state index contributed by atoms with van der Waals surface area (Å²) in [6.45, 7) is 2.60. The third kappa shape index (κ3) is 5.22. The molecule has 5 nitrogen and oxygen atoms in total. The van der Waals surface area contributed by atoms with Crippen molar-refractivity contribution in [3.05, 3.63) is 0 Å². The van der Waals surface area contributed by atoms with E-state index in [1.165, 1.54) is 10.7 Å². The van der Waals surface area contributed by atoms with Crippen LogP contribution >= 0.6 is 0 Å². The van der Waals surface area contributed by atoms with Crippen LogP contribution in [-0.2, 0) is 10.2 Å². The molecule has 0 amide bonds. The molecule has 0 spiro atoms. The Kier molecular flexibility index (Phi) is 6.55. The molecule has 1 rings (SSSR count). The maximum absolute atomic E-state index is 12.0. The SMILES string of the molecule is CC1CCCC(NS(=O)(=O)N(C)CCCO)CC1. The molecule has 0 heterocycles. The van der Waals surface area contributed by atoms with Crippen molar-refractivity contribution in [2.24, 2.45) is 5.92 Å². The molecule has 0 aromatic carbocycles. The Hall–Kier alpha value is -0.170. The summed E-state index contributed by atoms with van der Waals surface area (Å²) in [5.74, 6) is 0.701. The fourth-order valence-electron chi connectivity index (χ4n) is 2.32.